The SMILES string of the molecule is C[C@@]12CC[C@@](CCSc3ccc(F)cc3)(O1)c1c2c(O)n(-c2ccc(C#N)c3ccccc23)c1O. The molecular formula is C28H23FN2O3S. The smallest absolute Gasteiger partial charge is 0.205 e. The molecule has 3 heterocycles. The summed E-state index contributed by atoms with van der Waals surface area (Å²) in [4.78, 5) is 0.968. The van der Waals surface area contributed by atoms with Gasteiger partial charge in [0.15, 0.2) is 0 Å². The highest BCUT2D eigenvalue weighted by atomic mass is 32.2. The third kappa shape index (κ3) is 3.17. The van der Waals surface area contributed by atoms with Crippen molar-refractivity contribution in [2.45, 2.75) is 42.3 Å². The number of ether oxygens (including phenoxy) is 1. The van der Waals surface area contributed by atoms with Gasteiger partial charge in [0.2, 0.25) is 11.8 Å². The van der Waals surface area contributed by atoms with Gasteiger partial charge in [-0.3, -0.25) is 4.57 Å². The zero-order valence-corrected chi connectivity index (χ0v) is 19.9. The number of aromatic nitrogens is 1. The highest BCUT2D eigenvalue weighted by Gasteiger charge is 2.61. The Morgan fingerprint density at radius 3 is 2.46 bits per heavy atom. The van der Waals surface area contributed by atoms with Crippen LogP contribution in [0.15, 0.2) is 65.6 Å². The van der Waals surface area contributed by atoms with Crippen molar-refractivity contribution >= 4 is 22.5 Å². The highest BCUT2D eigenvalue weighted by Crippen LogP contribution is 2.65. The molecule has 3 aromatic carbocycles. The molecule has 2 N–H and O–H groups in total. The van der Waals surface area contributed by atoms with E-state index < -0.39 is 11.2 Å². The van der Waals surface area contributed by atoms with Crippen LogP contribution in [0.3, 0.4) is 0 Å². The van der Waals surface area contributed by atoms with Crippen LogP contribution in [0, 0.1) is 17.1 Å². The number of benzene rings is 3. The Morgan fingerprint density at radius 2 is 1.71 bits per heavy atom. The van der Waals surface area contributed by atoms with Gasteiger partial charge in [-0.2, -0.15) is 5.26 Å². The van der Waals surface area contributed by atoms with Crippen molar-refractivity contribution in [1.29, 1.82) is 5.26 Å². The molecule has 1 aromatic heterocycles. The molecule has 4 aromatic rings. The molecule has 2 aliphatic rings. The van der Waals surface area contributed by atoms with Gasteiger partial charge in [0.1, 0.15) is 11.4 Å². The lowest BCUT2D eigenvalue weighted by Crippen LogP contribution is -2.23. The van der Waals surface area contributed by atoms with E-state index in [2.05, 4.69) is 6.07 Å². The van der Waals surface area contributed by atoms with Crippen LogP contribution in [0.2, 0.25) is 0 Å². The van der Waals surface area contributed by atoms with Crippen LogP contribution in [0.25, 0.3) is 16.5 Å². The van der Waals surface area contributed by atoms with Gasteiger partial charge in [0.25, 0.3) is 0 Å². The number of fused-ring (bicyclic) bond motifs is 6. The Hall–Kier alpha value is -3.47. The molecule has 1 fully saturated rings. The van der Waals surface area contributed by atoms with Crippen molar-refractivity contribution in [1.82, 2.24) is 4.57 Å². The van der Waals surface area contributed by atoms with Gasteiger partial charge < -0.3 is 14.9 Å². The van der Waals surface area contributed by atoms with Gasteiger partial charge in [0, 0.05) is 21.4 Å². The zero-order chi connectivity index (χ0) is 24.4. The fourth-order valence-corrected chi connectivity index (χ4v) is 6.77. The summed E-state index contributed by atoms with van der Waals surface area (Å²) in [6, 6.07) is 19.6. The largest absolute Gasteiger partial charge is 0.494 e. The molecule has 0 saturated carbocycles. The first-order valence-electron chi connectivity index (χ1n) is 11.6. The lowest BCUT2D eigenvalue weighted by atomic mass is 9.78. The number of hydrogen-bond donors (Lipinski definition) is 2. The molecule has 0 unspecified atom stereocenters. The maximum atomic E-state index is 13.2. The summed E-state index contributed by atoms with van der Waals surface area (Å²) < 4.78 is 21.3. The van der Waals surface area contributed by atoms with Crippen LogP contribution < -0.4 is 0 Å². The van der Waals surface area contributed by atoms with E-state index >= 15 is 0 Å². The molecule has 2 aliphatic heterocycles. The van der Waals surface area contributed by atoms with Crippen molar-refractivity contribution in [3.05, 3.63) is 83.2 Å². The number of halogens is 1. The van der Waals surface area contributed by atoms with E-state index in [-0.39, 0.29) is 17.6 Å². The number of nitriles is 1. The molecular weight excluding hydrogens is 463 g/mol. The summed E-state index contributed by atoms with van der Waals surface area (Å²) in [6.45, 7) is 1.97. The zero-order valence-electron chi connectivity index (χ0n) is 19.1. The van der Waals surface area contributed by atoms with E-state index in [9.17, 15) is 19.9 Å². The first-order valence-corrected chi connectivity index (χ1v) is 12.5. The Balaban J connectivity index is 1.43. The Labute approximate surface area is 206 Å². The first-order chi connectivity index (χ1) is 16.9. The molecule has 7 heteroatoms. The van der Waals surface area contributed by atoms with Crippen LogP contribution in [0.4, 0.5) is 4.39 Å². The monoisotopic (exact) mass is 486 g/mol. The van der Waals surface area contributed by atoms with Crippen molar-refractivity contribution in [3.8, 4) is 23.5 Å². The van der Waals surface area contributed by atoms with E-state index in [1.165, 1.54) is 16.7 Å². The van der Waals surface area contributed by atoms with E-state index in [1.54, 1.807) is 36.0 Å². The number of aromatic hydroxyl groups is 2. The Kier molecular flexibility index (Phi) is 4.89. The fourth-order valence-electron chi connectivity index (χ4n) is 5.78. The van der Waals surface area contributed by atoms with Crippen LogP contribution in [0.1, 0.15) is 42.9 Å². The molecule has 0 amide bonds. The van der Waals surface area contributed by atoms with Gasteiger partial charge in [-0.15, -0.1) is 11.8 Å². The molecule has 2 bridgehead atoms. The third-order valence-corrected chi connectivity index (χ3v) is 8.40. The second kappa shape index (κ2) is 7.77. The summed E-state index contributed by atoms with van der Waals surface area (Å²) in [5.74, 6) is 0.400. The average Bonchev–Trinajstić information content (AvgIpc) is 3.44. The van der Waals surface area contributed by atoms with Crippen molar-refractivity contribution in [3.63, 3.8) is 0 Å². The highest BCUT2D eigenvalue weighted by molar-refractivity contribution is 7.99. The maximum absolute atomic E-state index is 13.2. The van der Waals surface area contributed by atoms with Gasteiger partial charge in [-0.25, -0.2) is 4.39 Å². The van der Waals surface area contributed by atoms with E-state index in [0.717, 1.165) is 28.5 Å². The molecule has 176 valence electrons. The number of hydrogen-bond acceptors (Lipinski definition) is 5. The molecule has 6 rings (SSSR count). The van der Waals surface area contributed by atoms with Crippen molar-refractivity contribution in [2.24, 2.45) is 0 Å². The van der Waals surface area contributed by atoms with Gasteiger partial charge in [-0.1, -0.05) is 24.3 Å². The molecule has 0 radical (unpaired) electrons. The van der Waals surface area contributed by atoms with Gasteiger partial charge >= 0.3 is 0 Å². The minimum absolute atomic E-state index is 0.0253. The van der Waals surface area contributed by atoms with Gasteiger partial charge in [-0.05, 0) is 62.6 Å². The normalized spacial score (nSPS) is 22.4. The summed E-state index contributed by atoms with van der Waals surface area (Å²) in [6.07, 6.45) is 2.13. The lowest BCUT2D eigenvalue weighted by molar-refractivity contribution is -0.0803. The van der Waals surface area contributed by atoms with E-state index in [1.807, 2.05) is 31.2 Å². The Morgan fingerprint density at radius 1 is 1.00 bits per heavy atom. The van der Waals surface area contributed by atoms with Gasteiger partial charge in [0.05, 0.1) is 34.0 Å². The molecule has 2 atom stereocenters. The van der Waals surface area contributed by atoms with E-state index in [0.29, 0.717) is 34.6 Å². The molecule has 1 saturated heterocycles. The number of nitrogens with zero attached hydrogens (tertiary/aromatic N) is 2. The molecule has 0 spiro atoms. The van der Waals surface area contributed by atoms with E-state index in [4.69, 9.17) is 4.74 Å². The summed E-state index contributed by atoms with van der Waals surface area (Å²) in [7, 11) is 0. The predicted octanol–water partition coefficient (Wildman–Crippen LogP) is 6.47. The summed E-state index contributed by atoms with van der Waals surface area (Å²) in [5.41, 5.74) is 1.05. The molecule has 5 nitrogen and oxygen atoms in total. The van der Waals surface area contributed by atoms with Crippen molar-refractivity contribution < 1.29 is 19.3 Å². The first kappa shape index (κ1) is 22.0. The minimum atomic E-state index is -0.702. The number of thioether (sulfide) groups is 1. The molecule has 35 heavy (non-hydrogen) atoms. The molecule has 0 aliphatic carbocycles. The number of rotatable bonds is 5. The fraction of sp³-hybridized carbons (Fsp3) is 0.250. The quantitative estimate of drug-likeness (QED) is 0.316. The van der Waals surface area contributed by atoms with Crippen LogP contribution in [-0.2, 0) is 15.9 Å². The van der Waals surface area contributed by atoms with Crippen LogP contribution >= 0.6 is 11.8 Å². The minimum Gasteiger partial charge on any atom is -0.494 e. The van der Waals surface area contributed by atoms with Crippen LogP contribution in [0.5, 0.6) is 11.8 Å². The average molecular weight is 487 g/mol. The summed E-state index contributed by atoms with van der Waals surface area (Å²) in [5, 5.41) is 34.0. The lowest BCUT2D eigenvalue weighted by Gasteiger charge is -2.26. The second-order valence-electron chi connectivity index (χ2n) is 9.40. The van der Waals surface area contributed by atoms with Crippen LogP contribution in [-0.4, -0.2) is 20.5 Å². The van der Waals surface area contributed by atoms with Crippen molar-refractivity contribution in [2.75, 3.05) is 5.75 Å². The standard InChI is InChI=1S/C28H23FN2O3S/c1-27-12-13-28(34-27,14-15-35-19-9-7-18(29)8-10-19)24-23(27)25(32)31(26(24)33)22-11-6-17(16-30)20-4-2-3-5-21(20)22/h2-11,32-33H,12-15H2,1H3/t27-,28-/m0/s1. The summed E-state index contributed by atoms with van der Waals surface area (Å²) >= 11 is 1.61. The Bertz CT molecular complexity index is 1520. The third-order valence-electron chi connectivity index (χ3n) is 7.38. The topological polar surface area (TPSA) is 78.4 Å². The predicted molar refractivity (Wildman–Crippen MR) is 132 cm³/mol. The maximum Gasteiger partial charge on any atom is 0.205 e. The second-order valence-corrected chi connectivity index (χ2v) is 10.6.